The number of aromatic nitrogens is 2. The molecule has 0 spiro atoms. The fourth-order valence-corrected chi connectivity index (χ4v) is 5.71. The number of rotatable bonds is 6. The van der Waals surface area contributed by atoms with Crippen molar-refractivity contribution in [3.05, 3.63) is 114 Å². The number of aryl methyl sites for hydroxylation is 2. The molecule has 178 valence electrons. The number of nitrogens with one attached hydrogen (secondary N) is 1. The lowest BCUT2D eigenvalue weighted by atomic mass is 9.99. The summed E-state index contributed by atoms with van der Waals surface area (Å²) in [6.45, 7) is 0.328. The Bertz CT molecular complexity index is 1450. The molecule has 0 saturated carbocycles. The zero-order chi connectivity index (χ0) is 24.4. The summed E-state index contributed by atoms with van der Waals surface area (Å²) in [4.78, 5) is 45.2. The van der Waals surface area contributed by atoms with E-state index in [1.54, 1.807) is 0 Å². The Morgan fingerprint density at radius 3 is 2.31 bits per heavy atom. The van der Waals surface area contributed by atoms with Crippen molar-refractivity contribution in [3.63, 3.8) is 0 Å². The maximum absolute atomic E-state index is 13.9. The predicted octanol–water partition coefficient (Wildman–Crippen LogP) is 3.95. The zero-order valence-electron chi connectivity index (χ0n) is 19.2. The number of anilines is 2. The number of benzene rings is 2. The molecule has 2 aromatic heterocycles. The standard InChI is InChI=1S/C27H26N4O3S/c28-24-23(25(32)29-27(34)31(24)17-19-11-5-2-6-12-19)30(16-18-9-3-1-4-10-18)26(33)22-15-20-13-7-8-14-21(20)35-22/h1-6,9-12,15H,7-8,13-14,16-17,28H2,(H,29,32,34). The summed E-state index contributed by atoms with van der Waals surface area (Å²) in [7, 11) is 0. The Morgan fingerprint density at radius 2 is 1.63 bits per heavy atom. The third-order valence-electron chi connectivity index (χ3n) is 6.30. The second-order valence-electron chi connectivity index (χ2n) is 8.71. The van der Waals surface area contributed by atoms with Gasteiger partial charge in [-0.05, 0) is 48.4 Å². The third kappa shape index (κ3) is 4.70. The Morgan fingerprint density at radius 1 is 0.971 bits per heavy atom. The van der Waals surface area contributed by atoms with E-state index in [9.17, 15) is 14.4 Å². The number of H-pyrrole nitrogens is 1. The summed E-state index contributed by atoms with van der Waals surface area (Å²) < 4.78 is 1.30. The smallest absolute Gasteiger partial charge is 0.330 e. The van der Waals surface area contributed by atoms with Gasteiger partial charge in [0.25, 0.3) is 11.5 Å². The second-order valence-corrected chi connectivity index (χ2v) is 9.84. The minimum absolute atomic E-state index is 0.0132. The lowest BCUT2D eigenvalue weighted by Crippen LogP contribution is -2.40. The number of hydrogen-bond acceptors (Lipinski definition) is 5. The number of hydrogen-bond donors (Lipinski definition) is 2. The Labute approximate surface area is 206 Å². The highest BCUT2D eigenvalue weighted by molar-refractivity contribution is 7.14. The van der Waals surface area contributed by atoms with Gasteiger partial charge in [0.05, 0.1) is 18.0 Å². The highest BCUT2D eigenvalue weighted by Crippen LogP contribution is 2.32. The summed E-state index contributed by atoms with van der Waals surface area (Å²) in [5.74, 6) is -0.330. The molecule has 0 fully saturated rings. The van der Waals surface area contributed by atoms with Gasteiger partial charge >= 0.3 is 5.69 Å². The van der Waals surface area contributed by atoms with E-state index in [-0.39, 0.29) is 30.5 Å². The number of carbonyl (C=O) groups is 1. The number of nitrogens with zero attached hydrogens (tertiary/aromatic N) is 2. The monoisotopic (exact) mass is 486 g/mol. The van der Waals surface area contributed by atoms with Gasteiger partial charge in [-0.15, -0.1) is 11.3 Å². The summed E-state index contributed by atoms with van der Waals surface area (Å²) in [6, 6.07) is 20.8. The van der Waals surface area contributed by atoms with Crippen LogP contribution in [0.25, 0.3) is 0 Å². The zero-order valence-corrected chi connectivity index (χ0v) is 20.0. The average Bonchev–Trinajstić information content (AvgIpc) is 3.31. The lowest BCUT2D eigenvalue weighted by molar-refractivity contribution is 0.0988. The predicted molar refractivity (Wildman–Crippen MR) is 139 cm³/mol. The van der Waals surface area contributed by atoms with E-state index in [1.807, 2.05) is 66.7 Å². The topological polar surface area (TPSA) is 101 Å². The van der Waals surface area contributed by atoms with E-state index in [4.69, 9.17) is 5.73 Å². The molecule has 0 unspecified atom stereocenters. The van der Waals surface area contributed by atoms with Crippen molar-refractivity contribution in [2.24, 2.45) is 0 Å². The summed E-state index contributed by atoms with van der Waals surface area (Å²) >= 11 is 1.49. The van der Waals surface area contributed by atoms with Crippen molar-refractivity contribution in [2.75, 3.05) is 10.6 Å². The van der Waals surface area contributed by atoms with Crippen molar-refractivity contribution in [3.8, 4) is 0 Å². The van der Waals surface area contributed by atoms with Crippen LogP contribution in [0, 0.1) is 0 Å². The number of thiophene rings is 1. The molecule has 1 amide bonds. The van der Waals surface area contributed by atoms with Crippen molar-refractivity contribution >= 4 is 28.7 Å². The Kier molecular flexibility index (Phi) is 6.37. The van der Waals surface area contributed by atoms with Crippen LogP contribution in [0.4, 0.5) is 11.5 Å². The first kappa shape index (κ1) is 22.9. The Hall–Kier alpha value is -3.91. The van der Waals surface area contributed by atoms with Crippen LogP contribution >= 0.6 is 11.3 Å². The Balaban J connectivity index is 1.61. The van der Waals surface area contributed by atoms with Gasteiger partial charge in [0.15, 0.2) is 5.69 Å². The largest absolute Gasteiger partial charge is 0.383 e. The molecule has 5 rings (SSSR count). The van der Waals surface area contributed by atoms with Crippen molar-refractivity contribution in [1.82, 2.24) is 9.55 Å². The maximum Gasteiger partial charge on any atom is 0.330 e. The molecule has 8 heteroatoms. The minimum Gasteiger partial charge on any atom is -0.383 e. The van der Waals surface area contributed by atoms with E-state index in [0.717, 1.165) is 36.8 Å². The van der Waals surface area contributed by atoms with Gasteiger partial charge in [0.2, 0.25) is 0 Å². The quantitative estimate of drug-likeness (QED) is 0.431. The molecule has 2 aromatic carbocycles. The first-order valence-electron chi connectivity index (χ1n) is 11.6. The third-order valence-corrected chi connectivity index (χ3v) is 7.53. The number of nitrogen functional groups attached to an aromatic ring is 1. The molecule has 0 saturated heterocycles. The van der Waals surface area contributed by atoms with Gasteiger partial charge in [-0.2, -0.15) is 0 Å². The fourth-order valence-electron chi connectivity index (χ4n) is 4.51. The van der Waals surface area contributed by atoms with Crippen LogP contribution in [-0.2, 0) is 25.9 Å². The van der Waals surface area contributed by atoms with E-state index < -0.39 is 11.2 Å². The normalized spacial score (nSPS) is 12.8. The number of nitrogens with two attached hydrogens (primary N) is 1. The van der Waals surface area contributed by atoms with Crippen molar-refractivity contribution in [2.45, 2.75) is 38.8 Å². The molecule has 4 aromatic rings. The van der Waals surface area contributed by atoms with Crippen LogP contribution < -0.4 is 21.9 Å². The lowest BCUT2D eigenvalue weighted by Gasteiger charge is -2.24. The molecule has 2 heterocycles. The average molecular weight is 487 g/mol. The number of aromatic amines is 1. The molecule has 7 nitrogen and oxygen atoms in total. The minimum atomic E-state index is -0.678. The first-order chi connectivity index (χ1) is 17.0. The number of carbonyl (C=O) groups excluding carboxylic acids is 1. The molecule has 1 aliphatic carbocycles. The molecule has 0 aliphatic heterocycles. The number of fused-ring (bicyclic) bond motifs is 1. The maximum atomic E-state index is 13.9. The summed E-state index contributed by atoms with van der Waals surface area (Å²) in [5.41, 5.74) is 8.06. The van der Waals surface area contributed by atoms with E-state index >= 15 is 0 Å². The molecule has 0 atom stereocenters. The molecular formula is C27H26N4O3S. The fraction of sp³-hybridized carbons (Fsp3) is 0.222. The number of amides is 1. The van der Waals surface area contributed by atoms with Gasteiger partial charge in [0.1, 0.15) is 5.82 Å². The first-order valence-corrected chi connectivity index (χ1v) is 12.5. The van der Waals surface area contributed by atoms with E-state index in [2.05, 4.69) is 4.98 Å². The SMILES string of the molecule is Nc1c(N(Cc2ccccc2)C(=O)c2cc3c(s2)CCCC3)c(=O)[nH]c(=O)n1Cc1ccccc1. The highest BCUT2D eigenvalue weighted by Gasteiger charge is 2.28. The molecule has 35 heavy (non-hydrogen) atoms. The highest BCUT2D eigenvalue weighted by atomic mass is 32.1. The molecule has 0 bridgehead atoms. The molecule has 3 N–H and O–H groups in total. The van der Waals surface area contributed by atoms with Crippen molar-refractivity contribution < 1.29 is 4.79 Å². The summed E-state index contributed by atoms with van der Waals surface area (Å²) in [6.07, 6.45) is 4.16. The van der Waals surface area contributed by atoms with Crippen LogP contribution in [0.1, 0.15) is 44.1 Å². The van der Waals surface area contributed by atoms with Crippen molar-refractivity contribution in [1.29, 1.82) is 0 Å². The van der Waals surface area contributed by atoms with Crippen LogP contribution in [0.15, 0.2) is 76.3 Å². The summed E-state index contributed by atoms with van der Waals surface area (Å²) in [5, 5.41) is 0. The van der Waals surface area contributed by atoms with Gasteiger partial charge in [-0.25, -0.2) is 4.79 Å². The van der Waals surface area contributed by atoms with Crippen LogP contribution in [0.3, 0.4) is 0 Å². The molecular weight excluding hydrogens is 460 g/mol. The van der Waals surface area contributed by atoms with E-state index in [1.165, 1.54) is 31.2 Å². The van der Waals surface area contributed by atoms with Gasteiger partial charge in [-0.3, -0.25) is 24.0 Å². The van der Waals surface area contributed by atoms with Gasteiger partial charge < -0.3 is 5.73 Å². The second kappa shape index (κ2) is 9.76. The van der Waals surface area contributed by atoms with Crippen LogP contribution in [0.5, 0.6) is 0 Å². The van der Waals surface area contributed by atoms with Gasteiger partial charge in [0, 0.05) is 4.88 Å². The molecule has 0 radical (unpaired) electrons. The van der Waals surface area contributed by atoms with Gasteiger partial charge in [-0.1, -0.05) is 60.7 Å². The van der Waals surface area contributed by atoms with Crippen LogP contribution in [0.2, 0.25) is 0 Å². The molecule has 1 aliphatic rings. The van der Waals surface area contributed by atoms with Crippen LogP contribution in [-0.4, -0.2) is 15.5 Å². The van der Waals surface area contributed by atoms with E-state index in [0.29, 0.717) is 4.88 Å².